The van der Waals surface area contributed by atoms with E-state index in [1.807, 2.05) is 0 Å². The molecule has 2 aromatic heterocycles. The van der Waals surface area contributed by atoms with Crippen LogP contribution in [0.4, 0.5) is 0 Å². The fourth-order valence-electron chi connectivity index (χ4n) is 9.28. The molecule has 2 nitrogen and oxygen atoms in total. The molecule has 6 aromatic rings. The van der Waals surface area contributed by atoms with Gasteiger partial charge in [0.2, 0.25) is 0 Å². The van der Waals surface area contributed by atoms with Gasteiger partial charge >= 0.3 is 0 Å². The van der Waals surface area contributed by atoms with Crippen LogP contribution in [0.5, 0.6) is 0 Å². The lowest BCUT2D eigenvalue weighted by molar-refractivity contribution is 0.601. The van der Waals surface area contributed by atoms with Crippen molar-refractivity contribution in [1.82, 2.24) is 0 Å². The van der Waals surface area contributed by atoms with E-state index in [-0.39, 0.29) is 0 Å². The number of hydrogen-bond acceptors (Lipinski definition) is 2. The number of furan rings is 2. The SMILES string of the molecule is CC(C)[Si](C#Cc1cc2cc3ccc4c5cc6oc(C#C[Si](C(C)C)(C(C)C)C(C)C)cc6cc5ccc4c3cc2o1)(C(C)C)C(C)C. The van der Waals surface area contributed by atoms with E-state index in [4.69, 9.17) is 8.83 Å². The molecule has 0 radical (unpaired) electrons. The highest BCUT2D eigenvalue weighted by Gasteiger charge is 2.42. The monoisotopic (exact) mass is 668 g/mol. The Morgan fingerprint density at radius 1 is 0.396 bits per heavy atom. The van der Waals surface area contributed by atoms with Crippen LogP contribution in [0.15, 0.2) is 69.5 Å². The van der Waals surface area contributed by atoms with Gasteiger partial charge in [-0.25, -0.2) is 0 Å². The first kappa shape index (κ1) is 34.2. The Balaban J connectivity index is 1.44. The second kappa shape index (κ2) is 12.6. The fraction of sp³-hybridized carbons (Fsp3) is 0.409. The van der Waals surface area contributed by atoms with Crippen molar-refractivity contribution in [2.24, 2.45) is 0 Å². The summed E-state index contributed by atoms with van der Waals surface area (Å²) in [6.07, 6.45) is 0. The first-order valence-corrected chi connectivity index (χ1v) is 22.5. The van der Waals surface area contributed by atoms with Crippen molar-refractivity contribution in [3.05, 3.63) is 72.2 Å². The Bertz CT molecular complexity index is 2080. The Morgan fingerprint density at radius 3 is 1.04 bits per heavy atom. The number of rotatable bonds is 6. The third-order valence-electron chi connectivity index (χ3n) is 11.6. The van der Waals surface area contributed by atoms with Crippen LogP contribution in [0.3, 0.4) is 0 Å². The number of benzene rings is 4. The average molecular weight is 669 g/mol. The second-order valence-electron chi connectivity index (χ2n) is 16.0. The summed E-state index contributed by atoms with van der Waals surface area (Å²) in [5.74, 6) is 8.56. The third-order valence-corrected chi connectivity index (χ3v) is 24.2. The maximum Gasteiger partial charge on any atom is 0.177 e. The lowest BCUT2D eigenvalue weighted by atomic mass is 9.96. The van der Waals surface area contributed by atoms with Gasteiger partial charge in [0, 0.05) is 22.9 Å². The van der Waals surface area contributed by atoms with E-state index in [0.29, 0.717) is 33.2 Å². The summed E-state index contributed by atoms with van der Waals surface area (Å²) in [5, 5.41) is 9.41. The molecule has 4 heteroatoms. The van der Waals surface area contributed by atoms with E-state index in [1.165, 1.54) is 32.3 Å². The van der Waals surface area contributed by atoms with E-state index < -0.39 is 16.1 Å². The van der Waals surface area contributed by atoms with Crippen LogP contribution in [0.25, 0.3) is 54.3 Å². The Morgan fingerprint density at radius 2 is 0.729 bits per heavy atom. The molecular weight excluding hydrogens is 617 g/mol. The first-order valence-electron chi connectivity index (χ1n) is 18.0. The summed E-state index contributed by atoms with van der Waals surface area (Å²) in [6.45, 7) is 28.2. The van der Waals surface area contributed by atoms with Crippen molar-refractivity contribution in [2.75, 3.05) is 0 Å². The number of hydrogen-bond donors (Lipinski definition) is 0. The number of fused-ring (bicyclic) bond motifs is 7. The highest BCUT2D eigenvalue weighted by Crippen LogP contribution is 2.42. The lowest BCUT2D eigenvalue weighted by Crippen LogP contribution is -2.43. The molecule has 0 saturated heterocycles. The van der Waals surface area contributed by atoms with E-state index in [0.717, 1.165) is 33.5 Å². The van der Waals surface area contributed by atoms with Crippen molar-refractivity contribution in [3.63, 3.8) is 0 Å². The van der Waals surface area contributed by atoms with Gasteiger partial charge in [-0.2, -0.15) is 0 Å². The Kier molecular flexibility index (Phi) is 8.99. The van der Waals surface area contributed by atoms with Gasteiger partial charge < -0.3 is 8.83 Å². The molecule has 0 aliphatic rings. The van der Waals surface area contributed by atoms with Crippen LogP contribution >= 0.6 is 0 Å². The summed E-state index contributed by atoms with van der Waals surface area (Å²) in [5.41, 5.74) is 12.9. The van der Waals surface area contributed by atoms with Crippen LogP contribution in [-0.4, -0.2) is 16.1 Å². The summed E-state index contributed by atoms with van der Waals surface area (Å²) < 4.78 is 12.8. The molecule has 0 fully saturated rings. The molecule has 0 bridgehead atoms. The highest BCUT2D eigenvalue weighted by molar-refractivity contribution is 6.91. The molecule has 6 rings (SSSR count). The van der Waals surface area contributed by atoms with Crippen LogP contribution in [0.1, 0.15) is 94.6 Å². The van der Waals surface area contributed by atoms with Gasteiger partial charge in [-0.1, -0.05) is 107 Å². The van der Waals surface area contributed by atoms with Gasteiger partial charge in [0.25, 0.3) is 0 Å². The molecule has 0 aliphatic carbocycles. The van der Waals surface area contributed by atoms with E-state index in [1.54, 1.807) is 0 Å². The second-order valence-corrected chi connectivity index (χ2v) is 27.1. The van der Waals surface area contributed by atoms with Crippen LogP contribution in [0.2, 0.25) is 33.2 Å². The summed E-state index contributed by atoms with van der Waals surface area (Å²) >= 11 is 0. The highest BCUT2D eigenvalue weighted by atomic mass is 28.3. The third kappa shape index (κ3) is 5.52. The zero-order valence-corrected chi connectivity index (χ0v) is 33.1. The fourth-order valence-corrected chi connectivity index (χ4v) is 19.7. The molecule has 0 aliphatic heterocycles. The minimum atomic E-state index is -1.85. The van der Waals surface area contributed by atoms with Gasteiger partial charge in [0.15, 0.2) is 11.5 Å². The summed E-state index contributed by atoms with van der Waals surface area (Å²) in [6, 6.07) is 22.1. The zero-order valence-electron chi connectivity index (χ0n) is 31.1. The maximum absolute atomic E-state index is 6.42. The zero-order chi connectivity index (χ0) is 34.7. The van der Waals surface area contributed by atoms with E-state index in [9.17, 15) is 0 Å². The predicted octanol–water partition coefficient (Wildman–Crippen LogP) is 13.8. The molecule has 0 spiro atoms. The minimum Gasteiger partial charge on any atom is -0.448 e. The quantitative estimate of drug-likeness (QED) is 0.100. The average Bonchev–Trinajstić information content (AvgIpc) is 3.60. The van der Waals surface area contributed by atoms with Crippen molar-refractivity contribution >= 4 is 70.4 Å². The van der Waals surface area contributed by atoms with Crippen LogP contribution in [-0.2, 0) is 0 Å². The maximum atomic E-state index is 6.42. The van der Waals surface area contributed by atoms with Crippen LogP contribution in [0, 0.1) is 22.9 Å². The summed E-state index contributed by atoms with van der Waals surface area (Å²) in [7, 11) is -3.70. The Labute approximate surface area is 289 Å². The molecule has 0 saturated carbocycles. The first-order chi connectivity index (χ1) is 22.7. The van der Waals surface area contributed by atoms with Crippen molar-refractivity contribution < 1.29 is 8.83 Å². The summed E-state index contributed by atoms with van der Waals surface area (Å²) in [4.78, 5) is 0. The molecular formula is C44H52O2Si2. The van der Waals surface area contributed by atoms with Crippen LogP contribution < -0.4 is 0 Å². The molecule has 0 amide bonds. The predicted molar refractivity (Wildman–Crippen MR) is 214 cm³/mol. The molecule has 2 heterocycles. The smallest absolute Gasteiger partial charge is 0.177 e. The van der Waals surface area contributed by atoms with Gasteiger partial charge in [-0.3, -0.25) is 0 Å². The Hall–Kier alpha value is -3.71. The largest absolute Gasteiger partial charge is 0.448 e. The molecule has 0 N–H and O–H groups in total. The lowest BCUT2D eigenvalue weighted by Gasteiger charge is -2.37. The molecule has 48 heavy (non-hydrogen) atoms. The van der Waals surface area contributed by atoms with Gasteiger partial charge in [0.05, 0.1) is 0 Å². The van der Waals surface area contributed by atoms with Crippen molar-refractivity contribution in [3.8, 4) is 22.9 Å². The van der Waals surface area contributed by atoms with Crippen molar-refractivity contribution in [2.45, 2.75) is 116 Å². The minimum absolute atomic E-state index is 0.584. The van der Waals surface area contributed by atoms with E-state index >= 15 is 0 Å². The standard InChI is InChI=1S/C44H52O2Si2/c1-27(2)47(28(3)4,29(5)6)19-17-37-23-35-21-33-13-15-40-39(41(33)25-43(35)45-37)16-14-34-22-36-24-38(46-44(36)26-42(34)40)18-20-48(30(7)8,31(9)10)32(11)12/h13-16,21-32H,1-12H3. The topological polar surface area (TPSA) is 26.3 Å². The molecule has 0 unspecified atom stereocenters. The van der Waals surface area contributed by atoms with Crippen molar-refractivity contribution in [1.29, 1.82) is 0 Å². The van der Waals surface area contributed by atoms with Gasteiger partial charge in [-0.05, 0) is 102 Å². The van der Waals surface area contributed by atoms with Gasteiger partial charge in [-0.15, -0.1) is 11.1 Å². The molecule has 248 valence electrons. The molecule has 4 aromatic carbocycles. The van der Waals surface area contributed by atoms with Gasteiger partial charge in [0.1, 0.15) is 27.3 Å². The molecule has 0 atom stereocenters. The normalized spacial score (nSPS) is 13.0. The van der Waals surface area contributed by atoms with E-state index in [2.05, 4.69) is 167 Å².